The summed E-state index contributed by atoms with van der Waals surface area (Å²) >= 11 is 0. The Morgan fingerprint density at radius 3 is 2.67 bits per heavy atom. The summed E-state index contributed by atoms with van der Waals surface area (Å²) in [4.78, 5) is 21.1. The number of nitrogens with one attached hydrogen (secondary N) is 1. The summed E-state index contributed by atoms with van der Waals surface area (Å²) < 4.78 is 5.16. The van der Waals surface area contributed by atoms with Gasteiger partial charge in [0, 0.05) is 39.3 Å². The summed E-state index contributed by atoms with van der Waals surface area (Å²) in [5, 5.41) is 13.9. The maximum absolute atomic E-state index is 12.0. The van der Waals surface area contributed by atoms with Gasteiger partial charge in [0.2, 0.25) is 0 Å². The molecule has 0 radical (unpaired) electrons. The van der Waals surface area contributed by atoms with Crippen molar-refractivity contribution in [3.05, 3.63) is 35.4 Å². The third-order valence-electron chi connectivity index (χ3n) is 5.88. The number of aliphatic imine (C=N–C) groups is 1. The van der Waals surface area contributed by atoms with Gasteiger partial charge in [-0.1, -0.05) is 24.3 Å². The quantitative estimate of drug-likeness (QED) is 0.400. The minimum Gasteiger partial charge on any atom is -0.466 e. The Hall–Kier alpha value is -2.12. The number of aliphatic hydroxyl groups excluding tert-OH is 1. The summed E-state index contributed by atoms with van der Waals surface area (Å²) in [6, 6.07) is 8.54. The van der Waals surface area contributed by atoms with Crippen LogP contribution in [0.1, 0.15) is 37.8 Å². The summed E-state index contributed by atoms with van der Waals surface area (Å²) in [6.45, 7) is 9.50. The zero-order chi connectivity index (χ0) is 21.3. The summed E-state index contributed by atoms with van der Waals surface area (Å²) in [5.74, 6) is 0.720. The number of hydrogen-bond donors (Lipinski definition) is 2. The largest absolute Gasteiger partial charge is 0.466 e. The van der Waals surface area contributed by atoms with Crippen LogP contribution in [-0.4, -0.2) is 78.8 Å². The predicted octanol–water partition coefficient (Wildman–Crippen LogP) is 1.65. The third kappa shape index (κ3) is 6.19. The zero-order valence-electron chi connectivity index (χ0n) is 18.3. The zero-order valence-corrected chi connectivity index (χ0v) is 18.3. The molecule has 0 spiro atoms. The highest BCUT2D eigenvalue weighted by molar-refractivity contribution is 5.80. The van der Waals surface area contributed by atoms with Gasteiger partial charge in [-0.15, -0.1) is 0 Å². The van der Waals surface area contributed by atoms with Crippen LogP contribution in [0.5, 0.6) is 0 Å². The van der Waals surface area contributed by atoms with E-state index in [-0.39, 0.29) is 11.9 Å². The SMILES string of the molecule is CCNC(=NCC(O)CN1CCc2ccccc2C1)N1CCC(C(=O)OCC)CC1. The molecule has 2 N–H and O–H groups in total. The normalized spacial score (nSPS) is 19.3. The van der Waals surface area contributed by atoms with Gasteiger partial charge in [0.05, 0.1) is 25.2 Å². The highest BCUT2D eigenvalue weighted by Crippen LogP contribution is 2.20. The van der Waals surface area contributed by atoms with Gasteiger partial charge in [0.1, 0.15) is 0 Å². The van der Waals surface area contributed by atoms with E-state index in [1.807, 2.05) is 13.8 Å². The van der Waals surface area contributed by atoms with Crippen LogP contribution in [0.15, 0.2) is 29.3 Å². The van der Waals surface area contributed by atoms with Gasteiger partial charge in [-0.3, -0.25) is 14.7 Å². The Morgan fingerprint density at radius 1 is 1.23 bits per heavy atom. The van der Waals surface area contributed by atoms with Crippen LogP contribution in [0.4, 0.5) is 0 Å². The van der Waals surface area contributed by atoms with Crippen LogP contribution in [0, 0.1) is 5.92 Å². The minimum atomic E-state index is -0.499. The van der Waals surface area contributed by atoms with Crippen LogP contribution in [-0.2, 0) is 22.5 Å². The van der Waals surface area contributed by atoms with E-state index >= 15 is 0 Å². The molecule has 166 valence electrons. The standard InChI is InChI=1S/C23H36N4O3/c1-3-24-23(27-13-10-19(11-14-27)22(29)30-4-2)25-15-21(28)17-26-12-9-18-7-5-6-8-20(18)16-26/h5-8,19,21,28H,3-4,9-17H2,1-2H3,(H,24,25). The molecular weight excluding hydrogens is 380 g/mol. The van der Waals surface area contributed by atoms with Crippen LogP contribution in [0.2, 0.25) is 0 Å². The van der Waals surface area contributed by atoms with Gasteiger partial charge in [-0.2, -0.15) is 0 Å². The van der Waals surface area contributed by atoms with Gasteiger partial charge in [-0.05, 0) is 44.2 Å². The Labute approximate surface area is 180 Å². The number of fused-ring (bicyclic) bond motifs is 1. The van der Waals surface area contributed by atoms with Crippen molar-refractivity contribution >= 4 is 11.9 Å². The number of carbonyl (C=O) groups excluding carboxylic acids is 1. The first-order valence-corrected chi connectivity index (χ1v) is 11.3. The van der Waals surface area contributed by atoms with E-state index in [4.69, 9.17) is 9.73 Å². The lowest BCUT2D eigenvalue weighted by atomic mass is 9.97. The first-order chi connectivity index (χ1) is 14.6. The fraction of sp³-hybridized carbons (Fsp3) is 0.652. The second kappa shape index (κ2) is 11.3. The molecule has 7 heteroatoms. The van der Waals surface area contributed by atoms with Crippen LogP contribution < -0.4 is 5.32 Å². The molecule has 1 unspecified atom stereocenters. The third-order valence-corrected chi connectivity index (χ3v) is 5.88. The number of hydrogen-bond acceptors (Lipinski definition) is 5. The van der Waals surface area contributed by atoms with E-state index in [1.54, 1.807) is 0 Å². The highest BCUT2D eigenvalue weighted by Gasteiger charge is 2.27. The molecule has 2 aliphatic rings. The van der Waals surface area contributed by atoms with E-state index in [2.05, 4.69) is 39.4 Å². The van der Waals surface area contributed by atoms with E-state index in [0.29, 0.717) is 19.7 Å². The molecule has 2 aliphatic heterocycles. The molecule has 2 heterocycles. The lowest BCUT2D eigenvalue weighted by Gasteiger charge is -2.33. The molecule has 1 saturated heterocycles. The molecule has 1 atom stereocenters. The van der Waals surface area contributed by atoms with Crippen molar-refractivity contribution in [1.82, 2.24) is 15.1 Å². The monoisotopic (exact) mass is 416 g/mol. The molecule has 30 heavy (non-hydrogen) atoms. The van der Waals surface area contributed by atoms with Gasteiger partial charge in [0.15, 0.2) is 5.96 Å². The Morgan fingerprint density at radius 2 is 1.97 bits per heavy atom. The van der Waals surface area contributed by atoms with Crippen molar-refractivity contribution in [2.24, 2.45) is 10.9 Å². The summed E-state index contributed by atoms with van der Waals surface area (Å²) in [5.41, 5.74) is 2.78. The first-order valence-electron chi connectivity index (χ1n) is 11.3. The molecule has 0 bridgehead atoms. The number of carbonyl (C=O) groups is 1. The lowest BCUT2D eigenvalue weighted by molar-refractivity contribution is -0.149. The maximum Gasteiger partial charge on any atom is 0.309 e. The molecule has 0 amide bonds. The molecule has 1 aromatic rings. The average Bonchev–Trinajstić information content (AvgIpc) is 2.77. The number of esters is 1. The number of nitrogens with zero attached hydrogens (tertiary/aromatic N) is 3. The number of ether oxygens (including phenoxy) is 1. The number of β-amino-alcohol motifs (C(OH)–C–C–N with tert-alkyl or cyclic N) is 1. The van der Waals surface area contributed by atoms with E-state index in [0.717, 1.165) is 57.9 Å². The summed E-state index contributed by atoms with van der Waals surface area (Å²) in [6.07, 6.45) is 2.09. The van der Waals surface area contributed by atoms with Gasteiger partial charge in [-0.25, -0.2) is 0 Å². The molecule has 7 nitrogen and oxygen atoms in total. The van der Waals surface area contributed by atoms with Gasteiger partial charge in [0.25, 0.3) is 0 Å². The van der Waals surface area contributed by atoms with Crippen LogP contribution >= 0.6 is 0 Å². The van der Waals surface area contributed by atoms with Crippen molar-refractivity contribution in [3.8, 4) is 0 Å². The Balaban J connectivity index is 1.49. The molecule has 0 aliphatic carbocycles. The topological polar surface area (TPSA) is 77.4 Å². The van der Waals surface area contributed by atoms with Gasteiger partial charge < -0.3 is 20.1 Å². The van der Waals surface area contributed by atoms with E-state index < -0.39 is 6.10 Å². The number of aliphatic hydroxyl groups is 1. The molecule has 1 fully saturated rings. The van der Waals surface area contributed by atoms with Crippen LogP contribution in [0.3, 0.4) is 0 Å². The van der Waals surface area contributed by atoms with Crippen molar-refractivity contribution < 1.29 is 14.6 Å². The van der Waals surface area contributed by atoms with E-state index in [1.165, 1.54) is 11.1 Å². The molecule has 1 aromatic carbocycles. The first kappa shape index (κ1) is 22.6. The fourth-order valence-electron chi connectivity index (χ4n) is 4.27. The number of benzene rings is 1. The van der Waals surface area contributed by atoms with Crippen molar-refractivity contribution in [3.63, 3.8) is 0 Å². The lowest BCUT2D eigenvalue weighted by Crippen LogP contribution is -2.47. The second-order valence-electron chi connectivity index (χ2n) is 8.12. The van der Waals surface area contributed by atoms with Crippen molar-refractivity contribution in [2.75, 3.05) is 45.9 Å². The maximum atomic E-state index is 12.0. The molecular formula is C23H36N4O3. The molecule has 0 aromatic heterocycles. The number of likely N-dealkylation sites (tertiary alicyclic amines) is 1. The van der Waals surface area contributed by atoms with Crippen molar-refractivity contribution in [2.45, 2.75) is 45.8 Å². The van der Waals surface area contributed by atoms with Crippen molar-refractivity contribution in [1.29, 1.82) is 0 Å². The van der Waals surface area contributed by atoms with Crippen LogP contribution in [0.25, 0.3) is 0 Å². The average molecular weight is 417 g/mol. The van der Waals surface area contributed by atoms with E-state index in [9.17, 15) is 9.90 Å². The minimum absolute atomic E-state index is 0.0170. The molecule has 0 saturated carbocycles. The van der Waals surface area contributed by atoms with Gasteiger partial charge >= 0.3 is 5.97 Å². The highest BCUT2D eigenvalue weighted by atomic mass is 16.5. The fourth-order valence-corrected chi connectivity index (χ4v) is 4.27. The smallest absolute Gasteiger partial charge is 0.309 e. The summed E-state index contributed by atoms with van der Waals surface area (Å²) in [7, 11) is 0. The second-order valence-corrected chi connectivity index (χ2v) is 8.12. The number of piperidine rings is 1. The Kier molecular flexibility index (Phi) is 8.51. The predicted molar refractivity (Wildman–Crippen MR) is 118 cm³/mol. The molecule has 3 rings (SSSR count). The number of guanidine groups is 1. The number of rotatable bonds is 7. The Bertz CT molecular complexity index is 716.